The summed E-state index contributed by atoms with van der Waals surface area (Å²) in [4.78, 5) is 23.4. The minimum Gasteiger partial charge on any atom is -0.463 e. The molecule has 4 heteroatoms. The van der Waals surface area contributed by atoms with Crippen LogP contribution in [0.1, 0.15) is 52.9 Å². The van der Waals surface area contributed by atoms with E-state index in [1.165, 1.54) is 6.42 Å². The Morgan fingerprint density at radius 3 is 2.35 bits per heavy atom. The molecule has 98 valence electrons. The predicted octanol–water partition coefficient (Wildman–Crippen LogP) is 2.45. The van der Waals surface area contributed by atoms with Gasteiger partial charge in [0.1, 0.15) is 0 Å². The van der Waals surface area contributed by atoms with Gasteiger partial charge in [0.15, 0.2) is 6.10 Å². The minimum absolute atomic E-state index is 0.266. The van der Waals surface area contributed by atoms with E-state index in [2.05, 4.69) is 0 Å². The molecule has 0 aromatic heterocycles. The highest BCUT2D eigenvalue weighted by molar-refractivity contribution is 5.81. The highest BCUT2D eigenvalue weighted by atomic mass is 16.6. The Morgan fingerprint density at radius 2 is 1.82 bits per heavy atom. The molecule has 0 heterocycles. The topological polar surface area (TPSA) is 52.6 Å². The lowest BCUT2D eigenvalue weighted by atomic mass is 9.76. The Hall–Kier alpha value is -1.06. The SMILES string of the molecule is CCOC(=O)[C@H](C)OC(=O)C1(C)CCCCC1. The van der Waals surface area contributed by atoms with E-state index < -0.39 is 17.5 Å². The van der Waals surface area contributed by atoms with Crippen LogP contribution in [-0.2, 0) is 19.1 Å². The van der Waals surface area contributed by atoms with Crippen molar-refractivity contribution in [1.29, 1.82) is 0 Å². The predicted molar refractivity (Wildman–Crippen MR) is 63.4 cm³/mol. The van der Waals surface area contributed by atoms with Crippen LogP contribution < -0.4 is 0 Å². The molecule has 0 amide bonds. The quantitative estimate of drug-likeness (QED) is 0.710. The molecule has 0 aliphatic heterocycles. The normalized spacial score (nSPS) is 20.4. The molecule has 0 radical (unpaired) electrons. The Kier molecular flexibility index (Phi) is 4.97. The zero-order chi connectivity index (χ0) is 12.9. The lowest BCUT2D eigenvalue weighted by molar-refractivity contribution is -0.173. The van der Waals surface area contributed by atoms with Gasteiger partial charge < -0.3 is 9.47 Å². The Morgan fingerprint density at radius 1 is 1.24 bits per heavy atom. The molecule has 0 spiro atoms. The third kappa shape index (κ3) is 3.72. The fraction of sp³-hybridized carbons (Fsp3) is 0.846. The molecule has 1 rings (SSSR count). The van der Waals surface area contributed by atoms with Crippen LogP contribution >= 0.6 is 0 Å². The first-order valence-electron chi connectivity index (χ1n) is 6.37. The molecular formula is C13H22O4. The maximum Gasteiger partial charge on any atom is 0.347 e. The van der Waals surface area contributed by atoms with Crippen LogP contribution in [0.5, 0.6) is 0 Å². The first kappa shape index (κ1) is 14.0. The number of carbonyl (C=O) groups excluding carboxylic acids is 2. The van der Waals surface area contributed by atoms with E-state index in [-0.39, 0.29) is 5.97 Å². The zero-order valence-corrected chi connectivity index (χ0v) is 11.0. The Balaban J connectivity index is 2.50. The first-order chi connectivity index (χ1) is 7.99. The molecule has 0 saturated heterocycles. The van der Waals surface area contributed by atoms with E-state index in [1.54, 1.807) is 13.8 Å². The summed E-state index contributed by atoms with van der Waals surface area (Å²) in [6, 6.07) is 0. The lowest BCUT2D eigenvalue weighted by Gasteiger charge is -2.31. The smallest absolute Gasteiger partial charge is 0.347 e. The molecule has 1 fully saturated rings. The van der Waals surface area contributed by atoms with Gasteiger partial charge in [-0.15, -0.1) is 0 Å². The molecule has 17 heavy (non-hydrogen) atoms. The largest absolute Gasteiger partial charge is 0.463 e. The van der Waals surface area contributed by atoms with Crippen LogP contribution in [0.25, 0.3) is 0 Å². The van der Waals surface area contributed by atoms with Crippen molar-refractivity contribution >= 4 is 11.9 Å². The number of ether oxygens (including phenoxy) is 2. The van der Waals surface area contributed by atoms with E-state index in [9.17, 15) is 9.59 Å². The Labute approximate surface area is 103 Å². The van der Waals surface area contributed by atoms with Gasteiger partial charge in [-0.05, 0) is 33.6 Å². The second-order valence-electron chi connectivity index (χ2n) is 4.92. The monoisotopic (exact) mass is 242 g/mol. The van der Waals surface area contributed by atoms with E-state index in [0.29, 0.717) is 6.61 Å². The molecule has 1 aliphatic rings. The third-order valence-corrected chi connectivity index (χ3v) is 3.35. The van der Waals surface area contributed by atoms with Gasteiger partial charge in [0.2, 0.25) is 0 Å². The summed E-state index contributed by atoms with van der Waals surface area (Å²) in [7, 11) is 0. The van der Waals surface area contributed by atoms with Crippen LogP contribution in [0.15, 0.2) is 0 Å². The standard InChI is InChI=1S/C13H22O4/c1-4-16-11(14)10(2)17-12(15)13(3)8-6-5-7-9-13/h10H,4-9H2,1-3H3/t10-/m0/s1. The van der Waals surface area contributed by atoms with Crippen molar-refractivity contribution in [3.8, 4) is 0 Å². The minimum atomic E-state index is -0.804. The number of hydrogen-bond acceptors (Lipinski definition) is 4. The van der Waals surface area contributed by atoms with E-state index in [1.807, 2.05) is 6.92 Å². The van der Waals surface area contributed by atoms with Crippen molar-refractivity contribution in [1.82, 2.24) is 0 Å². The number of esters is 2. The van der Waals surface area contributed by atoms with Crippen LogP contribution in [0, 0.1) is 5.41 Å². The molecule has 0 aromatic rings. The fourth-order valence-corrected chi connectivity index (χ4v) is 2.15. The van der Waals surface area contributed by atoms with Gasteiger partial charge in [-0.1, -0.05) is 19.3 Å². The lowest BCUT2D eigenvalue weighted by Crippen LogP contribution is -2.36. The average Bonchev–Trinajstić information content (AvgIpc) is 2.30. The van der Waals surface area contributed by atoms with Crippen molar-refractivity contribution in [2.24, 2.45) is 5.41 Å². The maximum atomic E-state index is 12.0. The maximum absolute atomic E-state index is 12.0. The fourth-order valence-electron chi connectivity index (χ4n) is 2.15. The summed E-state index contributed by atoms with van der Waals surface area (Å²) >= 11 is 0. The Bertz CT molecular complexity index is 279. The molecule has 1 saturated carbocycles. The number of carbonyl (C=O) groups is 2. The molecule has 4 nitrogen and oxygen atoms in total. The van der Waals surface area contributed by atoms with E-state index >= 15 is 0 Å². The van der Waals surface area contributed by atoms with Gasteiger partial charge >= 0.3 is 11.9 Å². The van der Waals surface area contributed by atoms with Gasteiger partial charge in [0.05, 0.1) is 12.0 Å². The van der Waals surface area contributed by atoms with Gasteiger partial charge in [-0.2, -0.15) is 0 Å². The second-order valence-corrected chi connectivity index (χ2v) is 4.92. The van der Waals surface area contributed by atoms with Crippen molar-refractivity contribution in [2.45, 2.75) is 59.0 Å². The van der Waals surface area contributed by atoms with Crippen molar-refractivity contribution in [2.75, 3.05) is 6.61 Å². The molecule has 0 N–H and O–H groups in total. The number of rotatable bonds is 4. The van der Waals surface area contributed by atoms with E-state index in [4.69, 9.17) is 9.47 Å². The molecule has 0 unspecified atom stereocenters. The number of hydrogen-bond donors (Lipinski definition) is 0. The van der Waals surface area contributed by atoms with Crippen LogP contribution in [0.4, 0.5) is 0 Å². The summed E-state index contributed by atoms with van der Waals surface area (Å²) in [5, 5.41) is 0. The summed E-state index contributed by atoms with van der Waals surface area (Å²) in [6.07, 6.45) is 4.18. The van der Waals surface area contributed by atoms with Crippen LogP contribution in [-0.4, -0.2) is 24.6 Å². The van der Waals surface area contributed by atoms with Gasteiger partial charge in [-0.25, -0.2) is 4.79 Å². The summed E-state index contributed by atoms with van der Waals surface area (Å²) in [5.41, 5.74) is -0.418. The molecular weight excluding hydrogens is 220 g/mol. The first-order valence-corrected chi connectivity index (χ1v) is 6.37. The van der Waals surface area contributed by atoms with Crippen molar-refractivity contribution in [3.63, 3.8) is 0 Å². The van der Waals surface area contributed by atoms with Crippen molar-refractivity contribution in [3.05, 3.63) is 0 Å². The van der Waals surface area contributed by atoms with Gasteiger partial charge in [0.25, 0.3) is 0 Å². The van der Waals surface area contributed by atoms with Gasteiger partial charge in [-0.3, -0.25) is 4.79 Å². The van der Waals surface area contributed by atoms with Crippen molar-refractivity contribution < 1.29 is 19.1 Å². The van der Waals surface area contributed by atoms with Crippen LogP contribution in [0.3, 0.4) is 0 Å². The van der Waals surface area contributed by atoms with Gasteiger partial charge in [0, 0.05) is 0 Å². The van der Waals surface area contributed by atoms with Crippen LogP contribution in [0.2, 0.25) is 0 Å². The summed E-state index contributed by atoms with van der Waals surface area (Å²) < 4.78 is 10.0. The molecule has 0 aromatic carbocycles. The third-order valence-electron chi connectivity index (χ3n) is 3.35. The highest BCUT2D eigenvalue weighted by Gasteiger charge is 2.37. The zero-order valence-electron chi connectivity index (χ0n) is 11.0. The van der Waals surface area contributed by atoms with E-state index in [0.717, 1.165) is 25.7 Å². The highest BCUT2D eigenvalue weighted by Crippen LogP contribution is 2.37. The second kappa shape index (κ2) is 6.03. The summed E-state index contributed by atoms with van der Waals surface area (Å²) in [6.45, 7) is 5.52. The average molecular weight is 242 g/mol. The summed E-state index contributed by atoms with van der Waals surface area (Å²) in [5.74, 6) is -0.738. The molecule has 1 aliphatic carbocycles. The molecule has 0 bridgehead atoms. The molecule has 1 atom stereocenters.